The number of piperazine rings is 1. The molecule has 1 saturated heterocycles. The molecule has 0 radical (unpaired) electrons. The number of amides is 1. The third kappa shape index (κ3) is 4.06. The van der Waals surface area contributed by atoms with Gasteiger partial charge in [-0.3, -0.25) is 14.8 Å². The van der Waals surface area contributed by atoms with Crippen molar-refractivity contribution >= 4 is 17.5 Å². The quantitative estimate of drug-likeness (QED) is 0.714. The van der Waals surface area contributed by atoms with E-state index in [2.05, 4.69) is 24.6 Å². The van der Waals surface area contributed by atoms with Crippen LogP contribution in [-0.4, -0.2) is 61.6 Å². The summed E-state index contributed by atoms with van der Waals surface area (Å²) in [6, 6.07) is 9.67. The van der Waals surface area contributed by atoms with Crippen molar-refractivity contribution in [2.75, 3.05) is 26.2 Å². The number of H-pyrrole nitrogens is 1. The van der Waals surface area contributed by atoms with Gasteiger partial charge in [0, 0.05) is 48.3 Å². The molecule has 1 fully saturated rings. The van der Waals surface area contributed by atoms with Crippen LogP contribution in [0.4, 0.5) is 0 Å². The Kier molecular flexibility index (Phi) is 5.43. The van der Waals surface area contributed by atoms with Crippen LogP contribution in [0.3, 0.4) is 0 Å². The van der Waals surface area contributed by atoms with Gasteiger partial charge in [0.05, 0.1) is 12.1 Å². The second-order valence-corrected chi connectivity index (χ2v) is 7.94. The summed E-state index contributed by atoms with van der Waals surface area (Å²) in [7, 11) is 0. The highest BCUT2D eigenvalue weighted by molar-refractivity contribution is 6.30. The Balaban J connectivity index is 1.46. The van der Waals surface area contributed by atoms with Crippen LogP contribution in [0.1, 0.15) is 33.4 Å². The van der Waals surface area contributed by atoms with E-state index in [1.54, 1.807) is 0 Å². The van der Waals surface area contributed by atoms with Gasteiger partial charge in [-0.05, 0) is 45.0 Å². The second kappa shape index (κ2) is 8.00. The molecule has 1 aliphatic heterocycles. The fraction of sp³-hybridized carbons (Fsp3) is 0.381. The lowest BCUT2D eigenvalue weighted by Gasteiger charge is -2.34. The fourth-order valence-corrected chi connectivity index (χ4v) is 4.12. The third-order valence-corrected chi connectivity index (χ3v) is 5.63. The molecule has 0 saturated carbocycles. The molecule has 0 unspecified atom stereocenters. The van der Waals surface area contributed by atoms with E-state index in [1.807, 2.05) is 56.0 Å². The Labute approximate surface area is 175 Å². The number of aryl methyl sites for hydroxylation is 2. The van der Waals surface area contributed by atoms with Gasteiger partial charge in [-0.25, -0.2) is 4.98 Å². The van der Waals surface area contributed by atoms with Crippen molar-refractivity contribution in [1.82, 2.24) is 29.5 Å². The summed E-state index contributed by atoms with van der Waals surface area (Å²) >= 11 is 6.16. The van der Waals surface area contributed by atoms with Crippen LogP contribution in [0.15, 0.2) is 30.3 Å². The molecule has 2 aromatic heterocycles. The van der Waals surface area contributed by atoms with Crippen LogP contribution in [0.25, 0.3) is 5.69 Å². The summed E-state index contributed by atoms with van der Waals surface area (Å²) in [5.74, 6) is 1.70. The maximum atomic E-state index is 13.2. The second-order valence-electron chi connectivity index (χ2n) is 7.51. The summed E-state index contributed by atoms with van der Waals surface area (Å²) < 4.78 is 2.08. The molecule has 1 aromatic carbocycles. The van der Waals surface area contributed by atoms with Crippen LogP contribution >= 0.6 is 11.6 Å². The van der Waals surface area contributed by atoms with E-state index in [-0.39, 0.29) is 5.91 Å². The first-order chi connectivity index (χ1) is 13.9. The van der Waals surface area contributed by atoms with Gasteiger partial charge in [0.15, 0.2) is 5.82 Å². The number of nitrogens with zero attached hydrogens (tertiary/aromatic N) is 5. The molecule has 3 heterocycles. The van der Waals surface area contributed by atoms with Gasteiger partial charge in [0.25, 0.3) is 5.91 Å². The van der Waals surface area contributed by atoms with Gasteiger partial charge in [-0.2, -0.15) is 5.10 Å². The summed E-state index contributed by atoms with van der Waals surface area (Å²) in [6.07, 6.45) is 0. The highest BCUT2D eigenvalue weighted by Gasteiger charge is 2.26. The highest BCUT2D eigenvalue weighted by atomic mass is 35.5. The number of halogens is 1. The average Bonchev–Trinajstić information content (AvgIpc) is 3.24. The summed E-state index contributed by atoms with van der Waals surface area (Å²) in [4.78, 5) is 21.8. The van der Waals surface area contributed by atoms with E-state index in [1.165, 1.54) is 0 Å². The number of aromatic amines is 1. The largest absolute Gasteiger partial charge is 0.336 e. The molecule has 1 aliphatic rings. The number of nitrogens with one attached hydrogen (secondary N) is 1. The Morgan fingerprint density at radius 3 is 2.55 bits per heavy atom. The molecule has 29 heavy (non-hydrogen) atoms. The topological polar surface area (TPSA) is 70.1 Å². The van der Waals surface area contributed by atoms with Gasteiger partial charge < -0.3 is 9.47 Å². The molecule has 0 spiro atoms. The van der Waals surface area contributed by atoms with Crippen molar-refractivity contribution in [1.29, 1.82) is 0 Å². The molecule has 4 rings (SSSR count). The maximum absolute atomic E-state index is 13.2. The lowest BCUT2D eigenvalue weighted by atomic mass is 10.2. The van der Waals surface area contributed by atoms with Crippen LogP contribution in [-0.2, 0) is 6.54 Å². The number of carbonyl (C=O) groups excluding carboxylic acids is 1. The molecule has 0 bridgehead atoms. The van der Waals surface area contributed by atoms with Crippen LogP contribution in [0, 0.1) is 20.8 Å². The van der Waals surface area contributed by atoms with E-state index < -0.39 is 0 Å². The van der Waals surface area contributed by atoms with E-state index in [4.69, 9.17) is 11.6 Å². The summed E-state index contributed by atoms with van der Waals surface area (Å²) in [5, 5.41) is 7.76. The number of rotatable bonds is 4. The van der Waals surface area contributed by atoms with Crippen LogP contribution in [0.2, 0.25) is 5.02 Å². The minimum absolute atomic E-state index is 0.0831. The van der Waals surface area contributed by atoms with Crippen molar-refractivity contribution in [3.8, 4) is 5.69 Å². The third-order valence-electron chi connectivity index (χ3n) is 5.40. The predicted octanol–water partition coefficient (Wildman–Crippen LogP) is 3.13. The van der Waals surface area contributed by atoms with Crippen LogP contribution < -0.4 is 0 Å². The van der Waals surface area contributed by atoms with E-state index in [9.17, 15) is 4.79 Å². The monoisotopic (exact) mass is 412 g/mol. The first-order valence-electron chi connectivity index (χ1n) is 9.77. The molecular weight excluding hydrogens is 388 g/mol. The lowest BCUT2D eigenvalue weighted by Crippen LogP contribution is -2.48. The van der Waals surface area contributed by atoms with Gasteiger partial charge >= 0.3 is 0 Å². The minimum atomic E-state index is 0.0831. The van der Waals surface area contributed by atoms with Crippen molar-refractivity contribution in [3.05, 3.63) is 64.0 Å². The van der Waals surface area contributed by atoms with E-state index >= 15 is 0 Å². The number of benzene rings is 1. The van der Waals surface area contributed by atoms with Crippen molar-refractivity contribution in [2.45, 2.75) is 27.3 Å². The minimum Gasteiger partial charge on any atom is -0.336 e. The lowest BCUT2D eigenvalue weighted by molar-refractivity contribution is 0.0625. The molecule has 152 valence electrons. The van der Waals surface area contributed by atoms with Gasteiger partial charge in [0.2, 0.25) is 0 Å². The zero-order valence-electron chi connectivity index (χ0n) is 16.9. The fourth-order valence-electron chi connectivity index (χ4n) is 3.93. The Hall–Kier alpha value is -2.64. The van der Waals surface area contributed by atoms with Gasteiger partial charge in [-0.15, -0.1) is 0 Å². The first-order valence-corrected chi connectivity index (χ1v) is 10.1. The molecule has 1 N–H and O–H groups in total. The number of hydrogen-bond donors (Lipinski definition) is 1. The van der Waals surface area contributed by atoms with E-state index in [0.29, 0.717) is 24.7 Å². The summed E-state index contributed by atoms with van der Waals surface area (Å²) in [5.41, 5.74) is 3.68. The predicted molar refractivity (Wildman–Crippen MR) is 113 cm³/mol. The average molecular weight is 413 g/mol. The number of hydrogen-bond acceptors (Lipinski definition) is 4. The molecule has 8 heteroatoms. The molecule has 7 nitrogen and oxygen atoms in total. The zero-order chi connectivity index (χ0) is 20.5. The Morgan fingerprint density at radius 2 is 1.90 bits per heavy atom. The smallest absolute Gasteiger partial charge is 0.255 e. The Morgan fingerprint density at radius 1 is 1.14 bits per heavy atom. The van der Waals surface area contributed by atoms with Gasteiger partial charge in [-0.1, -0.05) is 17.7 Å². The normalized spacial score (nSPS) is 15.1. The van der Waals surface area contributed by atoms with Crippen LogP contribution in [0.5, 0.6) is 0 Å². The zero-order valence-corrected chi connectivity index (χ0v) is 17.7. The standard InChI is InChI=1S/C21H25ClN6O/c1-14-11-19(15(2)28(14)18-6-4-5-17(22)12-18)21(29)27-9-7-26(8-10-27)13-20-23-16(3)24-25-20/h4-6,11-12H,7-10,13H2,1-3H3,(H,23,24,25). The summed E-state index contributed by atoms with van der Waals surface area (Å²) in [6.45, 7) is 9.62. The van der Waals surface area contributed by atoms with Crippen molar-refractivity contribution < 1.29 is 4.79 Å². The number of carbonyl (C=O) groups is 1. The molecule has 1 amide bonds. The van der Waals surface area contributed by atoms with E-state index in [0.717, 1.165) is 47.4 Å². The maximum Gasteiger partial charge on any atom is 0.255 e. The highest BCUT2D eigenvalue weighted by Crippen LogP contribution is 2.24. The molecule has 0 atom stereocenters. The number of aromatic nitrogens is 4. The van der Waals surface area contributed by atoms with Crippen molar-refractivity contribution in [3.63, 3.8) is 0 Å². The molecular formula is C21H25ClN6O. The van der Waals surface area contributed by atoms with Crippen molar-refractivity contribution in [2.24, 2.45) is 0 Å². The Bertz CT molecular complexity index is 1030. The van der Waals surface area contributed by atoms with Gasteiger partial charge in [0.1, 0.15) is 5.82 Å². The SMILES string of the molecule is Cc1nc(CN2CCN(C(=O)c3cc(C)n(-c4cccc(Cl)c4)c3C)CC2)n[nH]1. The molecule has 3 aromatic rings. The first kappa shape index (κ1) is 19.7. The molecule has 0 aliphatic carbocycles.